The number of morpholine rings is 1. The Labute approximate surface area is 156 Å². The van der Waals surface area contributed by atoms with Crippen molar-refractivity contribution in [1.29, 1.82) is 0 Å². The number of rotatable bonds is 2. The molecule has 1 saturated heterocycles. The van der Waals surface area contributed by atoms with Crippen LogP contribution in [0.2, 0.25) is 0 Å². The number of amides is 1. The van der Waals surface area contributed by atoms with Gasteiger partial charge in [0.25, 0.3) is 0 Å². The van der Waals surface area contributed by atoms with Crippen LogP contribution in [0.25, 0.3) is 6.08 Å². The van der Waals surface area contributed by atoms with Crippen molar-refractivity contribution in [2.75, 3.05) is 26.3 Å². The molecule has 0 saturated carbocycles. The molecular formula is C21H19NO5. The van der Waals surface area contributed by atoms with Crippen LogP contribution in [0.3, 0.4) is 0 Å². The number of fused-ring (bicyclic) bond motifs is 1. The van der Waals surface area contributed by atoms with E-state index in [0.29, 0.717) is 43.4 Å². The van der Waals surface area contributed by atoms with Crippen LogP contribution in [0.5, 0.6) is 11.5 Å². The van der Waals surface area contributed by atoms with E-state index in [9.17, 15) is 9.59 Å². The van der Waals surface area contributed by atoms with Gasteiger partial charge in [0.05, 0.1) is 18.8 Å². The predicted molar refractivity (Wildman–Crippen MR) is 99.0 cm³/mol. The molecule has 2 aliphatic rings. The summed E-state index contributed by atoms with van der Waals surface area (Å²) in [5, 5.41) is 0. The SMILES string of the molecule is Cc1ccccc1C=C1Oc2cc(OC(=O)N3CCOCC3)ccc2C1=O. The van der Waals surface area contributed by atoms with Crippen molar-refractivity contribution < 1.29 is 23.8 Å². The number of carbonyl (C=O) groups excluding carboxylic acids is 2. The summed E-state index contributed by atoms with van der Waals surface area (Å²) >= 11 is 0. The van der Waals surface area contributed by atoms with Gasteiger partial charge in [-0.1, -0.05) is 24.3 Å². The Kier molecular flexibility index (Phi) is 4.64. The number of hydrogen-bond acceptors (Lipinski definition) is 5. The summed E-state index contributed by atoms with van der Waals surface area (Å²) in [6.45, 7) is 3.99. The molecule has 138 valence electrons. The number of Topliss-reactive ketones (excluding diaryl/α,β-unsaturated/α-hetero) is 1. The van der Waals surface area contributed by atoms with Gasteiger partial charge in [-0.3, -0.25) is 4.79 Å². The Morgan fingerprint density at radius 2 is 1.93 bits per heavy atom. The number of nitrogens with zero attached hydrogens (tertiary/aromatic N) is 1. The van der Waals surface area contributed by atoms with E-state index in [-0.39, 0.29) is 11.5 Å². The Morgan fingerprint density at radius 1 is 1.15 bits per heavy atom. The predicted octanol–water partition coefficient (Wildman–Crippen LogP) is 3.44. The molecule has 0 radical (unpaired) electrons. The number of allylic oxidation sites excluding steroid dienone is 1. The average Bonchev–Trinajstić information content (AvgIpc) is 2.99. The molecule has 1 amide bonds. The molecule has 0 N–H and O–H groups in total. The van der Waals surface area contributed by atoms with Crippen molar-refractivity contribution in [3.8, 4) is 11.5 Å². The van der Waals surface area contributed by atoms with E-state index in [1.54, 1.807) is 29.2 Å². The molecule has 2 aliphatic heterocycles. The Morgan fingerprint density at radius 3 is 2.70 bits per heavy atom. The fourth-order valence-corrected chi connectivity index (χ4v) is 3.03. The highest BCUT2D eigenvalue weighted by molar-refractivity contribution is 6.14. The van der Waals surface area contributed by atoms with E-state index in [2.05, 4.69) is 0 Å². The summed E-state index contributed by atoms with van der Waals surface area (Å²) in [4.78, 5) is 26.4. The molecule has 1 fully saturated rings. The van der Waals surface area contributed by atoms with Gasteiger partial charge in [-0.15, -0.1) is 0 Å². The zero-order chi connectivity index (χ0) is 18.8. The van der Waals surface area contributed by atoms with Crippen molar-refractivity contribution in [2.24, 2.45) is 0 Å². The summed E-state index contributed by atoms with van der Waals surface area (Å²) in [6.07, 6.45) is 1.30. The minimum Gasteiger partial charge on any atom is -0.452 e. The van der Waals surface area contributed by atoms with E-state index in [4.69, 9.17) is 14.2 Å². The molecule has 2 aromatic carbocycles. The maximum atomic E-state index is 12.6. The molecule has 0 unspecified atom stereocenters. The Bertz CT molecular complexity index is 928. The molecule has 27 heavy (non-hydrogen) atoms. The number of ketones is 1. The average molecular weight is 365 g/mol. The van der Waals surface area contributed by atoms with E-state index >= 15 is 0 Å². The van der Waals surface area contributed by atoms with Gasteiger partial charge < -0.3 is 19.1 Å². The van der Waals surface area contributed by atoms with Crippen LogP contribution in [0, 0.1) is 6.92 Å². The summed E-state index contributed by atoms with van der Waals surface area (Å²) < 4.78 is 16.4. The lowest BCUT2D eigenvalue weighted by molar-refractivity contribution is 0.0416. The van der Waals surface area contributed by atoms with Gasteiger partial charge >= 0.3 is 6.09 Å². The zero-order valence-electron chi connectivity index (χ0n) is 14.9. The molecule has 2 aromatic rings. The van der Waals surface area contributed by atoms with E-state index in [1.165, 1.54) is 0 Å². The van der Waals surface area contributed by atoms with Crippen LogP contribution in [-0.4, -0.2) is 43.1 Å². The Balaban J connectivity index is 1.52. The van der Waals surface area contributed by atoms with Crippen LogP contribution in [0.1, 0.15) is 21.5 Å². The van der Waals surface area contributed by atoms with Crippen LogP contribution in [0.4, 0.5) is 4.79 Å². The first-order valence-electron chi connectivity index (χ1n) is 8.80. The summed E-state index contributed by atoms with van der Waals surface area (Å²) in [5.74, 6) is 0.817. The van der Waals surface area contributed by atoms with E-state index in [0.717, 1.165) is 11.1 Å². The number of carbonyl (C=O) groups is 2. The molecular weight excluding hydrogens is 346 g/mol. The molecule has 6 heteroatoms. The fourth-order valence-electron chi connectivity index (χ4n) is 3.03. The second-order valence-electron chi connectivity index (χ2n) is 6.42. The quantitative estimate of drug-likeness (QED) is 0.763. The summed E-state index contributed by atoms with van der Waals surface area (Å²) in [5.41, 5.74) is 2.44. The first-order chi connectivity index (χ1) is 13.1. The van der Waals surface area contributed by atoms with Gasteiger partial charge in [0.15, 0.2) is 5.76 Å². The summed E-state index contributed by atoms with van der Waals surface area (Å²) in [7, 11) is 0. The van der Waals surface area contributed by atoms with Crippen LogP contribution >= 0.6 is 0 Å². The minimum atomic E-state index is -0.432. The first kappa shape index (κ1) is 17.3. The smallest absolute Gasteiger partial charge is 0.415 e. The molecule has 0 atom stereocenters. The van der Waals surface area contributed by atoms with Crippen molar-refractivity contribution in [2.45, 2.75) is 6.92 Å². The van der Waals surface area contributed by atoms with Gasteiger partial charge in [0, 0.05) is 19.2 Å². The molecule has 0 aromatic heterocycles. The zero-order valence-corrected chi connectivity index (χ0v) is 14.9. The molecule has 4 rings (SSSR count). The third-order valence-electron chi connectivity index (χ3n) is 4.59. The minimum absolute atomic E-state index is 0.181. The van der Waals surface area contributed by atoms with Crippen LogP contribution in [0.15, 0.2) is 48.2 Å². The highest BCUT2D eigenvalue weighted by Gasteiger charge is 2.28. The first-order valence-corrected chi connectivity index (χ1v) is 8.80. The van der Waals surface area contributed by atoms with Crippen LogP contribution < -0.4 is 9.47 Å². The molecule has 0 spiro atoms. The lowest BCUT2D eigenvalue weighted by atomic mass is 10.1. The lowest BCUT2D eigenvalue weighted by Crippen LogP contribution is -2.42. The highest BCUT2D eigenvalue weighted by atomic mass is 16.6. The topological polar surface area (TPSA) is 65.1 Å². The van der Waals surface area contributed by atoms with Crippen LogP contribution in [-0.2, 0) is 4.74 Å². The normalized spacial score (nSPS) is 17.6. The number of aryl methyl sites for hydroxylation is 1. The largest absolute Gasteiger partial charge is 0.452 e. The third kappa shape index (κ3) is 3.57. The standard InChI is InChI=1S/C21H19NO5/c1-14-4-2-3-5-15(14)12-19-20(23)17-7-6-16(13-18(17)27-19)26-21(24)22-8-10-25-11-9-22/h2-7,12-13H,8-11H2,1H3. The van der Waals surface area contributed by atoms with Crippen molar-refractivity contribution in [3.63, 3.8) is 0 Å². The van der Waals surface area contributed by atoms with Gasteiger partial charge in [-0.25, -0.2) is 4.79 Å². The highest BCUT2D eigenvalue weighted by Crippen LogP contribution is 2.35. The number of benzene rings is 2. The lowest BCUT2D eigenvalue weighted by Gasteiger charge is -2.25. The van der Waals surface area contributed by atoms with Gasteiger partial charge in [0.1, 0.15) is 11.5 Å². The number of ether oxygens (including phenoxy) is 3. The second kappa shape index (κ2) is 7.25. The Hall–Kier alpha value is -3.12. The summed E-state index contributed by atoms with van der Waals surface area (Å²) in [6, 6.07) is 12.6. The molecule has 0 bridgehead atoms. The van der Waals surface area contributed by atoms with E-state index in [1.807, 2.05) is 31.2 Å². The molecule has 0 aliphatic carbocycles. The number of hydrogen-bond donors (Lipinski definition) is 0. The molecule has 6 nitrogen and oxygen atoms in total. The van der Waals surface area contributed by atoms with Crippen molar-refractivity contribution >= 4 is 18.0 Å². The third-order valence-corrected chi connectivity index (χ3v) is 4.59. The maximum Gasteiger partial charge on any atom is 0.415 e. The monoisotopic (exact) mass is 365 g/mol. The van der Waals surface area contributed by atoms with Crippen molar-refractivity contribution in [3.05, 3.63) is 64.9 Å². The van der Waals surface area contributed by atoms with E-state index < -0.39 is 6.09 Å². The molecule has 2 heterocycles. The maximum absolute atomic E-state index is 12.6. The second-order valence-corrected chi connectivity index (χ2v) is 6.42. The van der Waals surface area contributed by atoms with Gasteiger partial charge in [-0.2, -0.15) is 0 Å². The van der Waals surface area contributed by atoms with Crippen molar-refractivity contribution in [1.82, 2.24) is 4.90 Å². The fraction of sp³-hybridized carbons (Fsp3) is 0.238. The van der Waals surface area contributed by atoms with Gasteiger partial charge in [-0.05, 0) is 36.3 Å². The van der Waals surface area contributed by atoms with Gasteiger partial charge in [0.2, 0.25) is 5.78 Å².